The maximum atomic E-state index is 13.3. The van der Waals surface area contributed by atoms with E-state index in [-0.39, 0.29) is 18.6 Å². The molecule has 0 fully saturated rings. The zero-order valence-electron chi connectivity index (χ0n) is 22.1. The quantitative estimate of drug-likeness (QED) is 0.282. The van der Waals surface area contributed by atoms with Crippen molar-refractivity contribution < 1.29 is 14.3 Å². The molecule has 1 heterocycles. The van der Waals surface area contributed by atoms with E-state index in [1.165, 1.54) is 0 Å². The van der Waals surface area contributed by atoms with Crippen LogP contribution in [0.2, 0.25) is 0 Å². The molecule has 0 spiro atoms. The van der Waals surface area contributed by atoms with Crippen molar-refractivity contribution in [3.05, 3.63) is 95.7 Å². The Balaban J connectivity index is 1.27. The fourth-order valence-electron chi connectivity index (χ4n) is 5.24. The first-order valence-corrected chi connectivity index (χ1v) is 13.2. The monoisotopic (exact) mass is 507 g/mol. The number of fused-ring (bicyclic) bond motifs is 2. The molecule has 0 radical (unpaired) electrons. The molecule has 38 heavy (non-hydrogen) atoms. The van der Waals surface area contributed by atoms with Gasteiger partial charge in [-0.15, -0.1) is 0 Å². The highest BCUT2D eigenvalue weighted by Gasteiger charge is 2.26. The minimum absolute atomic E-state index is 0.259. The highest BCUT2D eigenvalue weighted by Crippen LogP contribution is 2.32. The van der Waals surface area contributed by atoms with Crippen LogP contribution in [-0.4, -0.2) is 29.5 Å². The molecule has 6 heteroatoms. The number of benzene rings is 3. The number of ether oxygens (including phenoxy) is 1. The molecular weight excluding hydrogens is 474 g/mol. The number of aryl methyl sites for hydroxylation is 1. The summed E-state index contributed by atoms with van der Waals surface area (Å²) in [6.07, 6.45) is 2.68. The molecule has 6 nitrogen and oxygen atoms in total. The zero-order chi connectivity index (χ0) is 26.6. The Kier molecular flexibility index (Phi) is 7.40. The predicted octanol–water partition coefficient (Wildman–Crippen LogP) is 6.70. The van der Waals surface area contributed by atoms with Gasteiger partial charge in [0.1, 0.15) is 0 Å². The number of aromatic nitrogens is 1. The summed E-state index contributed by atoms with van der Waals surface area (Å²) in [5, 5.41) is 3.62. The van der Waals surface area contributed by atoms with Gasteiger partial charge in [0.25, 0.3) is 5.91 Å². The van der Waals surface area contributed by atoms with Gasteiger partial charge in [0, 0.05) is 34.2 Å². The summed E-state index contributed by atoms with van der Waals surface area (Å²) < 4.78 is 5.54. The standard InChI is InChI=1S/C32H33N3O3/c1-21(2)35(24-9-5-4-6-10-24)25-16-14-23(15-17-25)33-30(36)20-38-32(37)31-26-11-7-8-12-28(26)34-29-18-13-22(3)19-27(29)31/h4-12,14-17,21-22H,13,18-20H2,1-3H3,(H,33,36). The van der Waals surface area contributed by atoms with Crippen LogP contribution in [0.15, 0.2) is 78.9 Å². The minimum atomic E-state index is -0.477. The van der Waals surface area contributed by atoms with Crippen molar-refractivity contribution >= 4 is 39.8 Å². The Hall–Kier alpha value is -4.19. The lowest BCUT2D eigenvalue weighted by Crippen LogP contribution is -2.25. The van der Waals surface area contributed by atoms with Crippen LogP contribution < -0.4 is 10.2 Å². The van der Waals surface area contributed by atoms with Gasteiger partial charge in [-0.25, -0.2) is 4.79 Å². The van der Waals surface area contributed by atoms with E-state index in [0.717, 1.165) is 52.8 Å². The summed E-state index contributed by atoms with van der Waals surface area (Å²) >= 11 is 0. The lowest BCUT2D eigenvalue weighted by molar-refractivity contribution is -0.119. The van der Waals surface area contributed by atoms with Gasteiger partial charge in [0.05, 0.1) is 11.1 Å². The molecule has 1 aromatic heterocycles. The van der Waals surface area contributed by atoms with Gasteiger partial charge in [-0.05, 0) is 87.1 Å². The van der Waals surface area contributed by atoms with Crippen molar-refractivity contribution in [1.82, 2.24) is 4.98 Å². The van der Waals surface area contributed by atoms with Gasteiger partial charge in [-0.1, -0.05) is 43.3 Å². The summed E-state index contributed by atoms with van der Waals surface area (Å²) in [6, 6.07) is 25.8. The number of anilines is 3. The Morgan fingerprint density at radius 2 is 1.66 bits per heavy atom. The van der Waals surface area contributed by atoms with Crippen LogP contribution in [-0.2, 0) is 22.4 Å². The van der Waals surface area contributed by atoms with E-state index in [1.54, 1.807) is 0 Å². The van der Waals surface area contributed by atoms with E-state index in [9.17, 15) is 9.59 Å². The van der Waals surface area contributed by atoms with E-state index in [4.69, 9.17) is 9.72 Å². The molecule has 1 aliphatic rings. The number of carbonyl (C=O) groups excluding carboxylic acids is 2. The van der Waals surface area contributed by atoms with Crippen molar-refractivity contribution in [3.8, 4) is 0 Å². The normalized spacial score (nSPS) is 14.7. The smallest absolute Gasteiger partial charge is 0.339 e. The van der Waals surface area contributed by atoms with Gasteiger partial charge in [-0.2, -0.15) is 0 Å². The van der Waals surface area contributed by atoms with Crippen LogP contribution in [0.4, 0.5) is 17.1 Å². The highest BCUT2D eigenvalue weighted by molar-refractivity contribution is 6.06. The van der Waals surface area contributed by atoms with Crippen molar-refractivity contribution in [2.24, 2.45) is 5.92 Å². The largest absolute Gasteiger partial charge is 0.452 e. The first-order valence-electron chi connectivity index (χ1n) is 13.2. The van der Waals surface area contributed by atoms with Gasteiger partial charge in [0.2, 0.25) is 0 Å². The number of amides is 1. The molecule has 0 saturated heterocycles. The number of hydrogen-bond acceptors (Lipinski definition) is 5. The van der Waals surface area contributed by atoms with Crippen LogP contribution in [0.3, 0.4) is 0 Å². The molecule has 3 aromatic carbocycles. The molecule has 1 amide bonds. The molecule has 1 aliphatic carbocycles. The second-order valence-electron chi connectivity index (χ2n) is 10.2. The van der Waals surface area contributed by atoms with Gasteiger partial charge in [-0.3, -0.25) is 9.78 Å². The van der Waals surface area contributed by atoms with E-state index in [1.807, 2.05) is 66.7 Å². The number of carbonyl (C=O) groups is 2. The number of rotatable bonds is 7. The summed E-state index contributed by atoms with van der Waals surface area (Å²) in [4.78, 5) is 33.0. The molecule has 1 unspecified atom stereocenters. The fourth-order valence-corrected chi connectivity index (χ4v) is 5.24. The second kappa shape index (κ2) is 11.1. The molecule has 0 saturated carbocycles. The van der Waals surface area contributed by atoms with Gasteiger partial charge >= 0.3 is 5.97 Å². The van der Waals surface area contributed by atoms with Crippen LogP contribution in [0.1, 0.15) is 48.8 Å². The summed E-state index contributed by atoms with van der Waals surface area (Å²) in [5.41, 5.74) is 6.02. The van der Waals surface area contributed by atoms with Crippen molar-refractivity contribution in [2.75, 3.05) is 16.8 Å². The first kappa shape index (κ1) is 25.5. The van der Waals surface area contributed by atoms with Crippen LogP contribution in [0, 0.1) is 5.92 Å². The van der Waals surface area contributed by atoms with Crippen molar-refractivity contribution in [1.29, 1.82) is 0 Å². The Morgan fingerprint density at radius 3 is 2.39 bits per heavy atom. The fraction of sp³-hybridized carbons (Fsp3) is 0.281. The summed E-state index contributed by atoms with van der Waals surface area (Å²) in [7, 11) is 0. The number of pyridine rings is 1. The third-order valence-electron chi connectivity index (χ3n) is 7.02. The maximum absolute atomic E-state index is 13.3. The molecule has 1 atom stereocenters. The molecule has 194 valence electrons. The van der Waals surface area contributed by atoms with E-state index < -0.39 is 5.97 Å². The Labute approximate surface area is 223 Å². The first-order chi connectivity index (χ1) is 18.4. The van der Waals surface area contributed by atoms with Crippen LogP contribution in [0.5, 0.6) is 0 Å². The van der Waals surface area contributed by atoms with Crippen LogP contribution in [0.25, 0.3) is 10.9 Å². The Bertz CT molecular complexity index is 1450. The molecule has 0 aliphatic heterocycles. The third kappa shape index (κ3) is 5.40. The zero-order valence-corrected chi connectivity index (χ0v) is 22.1. The number of hydrogen-bond donors (Lipinski definition) is 1. The topological polar surface area (TPSA) is 71.5 Å². The number of esters is 1. The van der Waals surface area contributed by atoms with Gasteiger partial charge in [0.15, 0.2) is 6.61 Å². The van der Waals surface area contributed by atoms with E-state index in [0.29, 0.717) is 17.2 Å². The number of para-hydroxylation sites is 2. The molecule has 5 rings (SSSR count). The Morgan fingerprint density at radius 1 is 0.974 bits per heavy atom. The lowest BCUT2D eigenvalue weighted by Gasteiger charge is -2.29. The molecular formula is C32H33N3O3. The average molecular weight is 508 g/mol. The molecule has 1 N–H and O–H groups in total. The lowest BCUT2D eigenvalue weighted by atomic mass is 9.84. The minimum Gasteiger partial charge on any atom is -0.452 e. The SMILES string of the molecule is CC1CCc2nc3ccccc3c(C(=O)OCC(=O)Nc3ccc(N(c4ccccc4)C(C)C)cc3)c2C1. The third-order valence-corrected chi connectivity index (χ3v) is 7.02. The summed E-state index contributed by atoms with van der Waals surface area (Å²) in [6.45, 7) is 6.11. The van der Waals surface area contributed by atoms with Gasteiger partial charge < -0.3 is 15.0 Å². The molecule has 4 aromatic rings. The second-order valence-corrected chi connectivity index (χ2v) is 10.2. The maximum Gasteiger partial charge on any atom is 0.339 e. The molecule has 0 bridgehead atoms. The highest BCUT2D eigenvalue weighted by atomic mass is 16.5. The van der Waals surface area contributed by atoms with Crippen molar-refractivity contribution in [3.63, 3.8) is 0 Å². The van der Waals surface area contributed by atoms with Crippen LogP contribution >= 0.6 is 0 Å². The van der Waals surface area contributed by atoms with E-state index in [2.05, 4.69) is 43.1 Å². The number of nitrogens with one attached hydrogen (secondary N) is 1. The van der Waals surface area contributed by atoms with E-state index >= 15 is 0 Å². The predicted molar refractivity (Wildman–Crippen MR) is 152 cm³/mol. The number of nitrogens with zero attached hydrogens (tertiary/aromatic N) is 2. The average Bonchev–Trinajstić information content (AvgIpc) is 2.92. The summed E-state index contributed by atoms with van der Waals surface area (Å²) in [5.74, 6) is -0.387. The van der Waals surface area contributed by atoms with Crippen molar-refractivity contribution in [2.45, 2.75) is 46.1 Å².